The van der Waals surface area contributed by atoms with E-state index in [0.717, 1.165) is 0 Å². The van der Waals surface area contributed by atoms with Gasteiger partial charge in [-0.25, -0.2) is 0 Å². The van der Waals surface area contributed by atoms with E-state index < -0.39 is 18.9 Å². The molecule has 3 nitrogen and oxygen atoms in total. The average Bonchev–Trinajstić information content (AvgIpc) is 1.99. The first kappa shape index (κ1) is 14.7. The van der Waals surface area contributed by atoms with Crippen molar-refractivity contribution in [3.63, 3.8) is 0 Å². The lowest BCUT2D eigenvalue weighted by atomic mass is 10.1. The normalized spacial score (nSPS) is 16.4. The van der Waals surface area contributed by atoms with Gasteiger partial charge in [-0.15, -0.1) is 0 Å². The Bertz CT molecular complexity index is 162. The van der Waals surface area contributed by atoms with Crippen molar-refractivity contribution in [2.45, 2.75) is 38.6 Å². The van der Waals surface area contributed by atoms with Crippen LogP contribution in [0.25, 0.3) is 0 Å². The van der Waals surface area contributed by atoms with E-state index in [9.17, 15) is 13.2 Å². The van der Waals surface area contributed by atoms with Gasteiger partial charge in [0.05, 0.1) is 12.7 Å². The lowest BCUT2D eigenvalue weighted by molar-refractivity contribution is -0.173. The van der Waals surface area contributed by atoms with Gasteiger partial charge in [-0.1, -0.05) is 0 Å². The first-order valence-electron chi connectivity index (χ1n) is 4.87. The number of rotatable bonds is 7. The Morgan fingerprint density at radius 2 is 1.93 bits per heavy atom. The number of nitrogens with one attached hydrogen (secondary N) is 1. The van der Waals surface area contributed by atoms with E-state index in [0.29, 0.717) is 13.0 Å². The van der Waals surface area contributed by atoms with Crippen molar-refractivity contribution in [2.24, 2.45) is 0 Å². The summed E-state index contributed by atoms with van der Waals surface area (Å²) < 4.78 is 39.3. The van der Waals surface area contributed by atoms with Crippen LogP contribution < -0.4 is 5.32 Å². The van der Waals surface area contributed by atoms with E-state index >= 15 is 0 Å². The van der Waals surface area contributed by atoms with Crippen LogP contribution in [0.15, 0.2) is 0 Å². The maximum absolute atomic E-state index is 11.6. The minimum atomic E-state index is -4.26. The second-order valence-electron chi connectivity index (χ2n) is 3.61. The fourth-order valence-electron chi connectivity index (χ4n) is 1.16. The third-order valence-electron chi connectivity index (χ3n) is 1.70. The van der Waals surface area contributed by atoms with Crippen LogP contribution in [-0.2, 0) is 4.74 Å². The monoisotopic (exact) mass is 229 g/mol. The molecule has 0 aliphatic rings. The topological polar surface area (TPSA) is 41.5 Å². The van der Waals surface area contributed by atoms with Gasteiger partial charge in [0.1, 0.15) is 6.61 Å². The van der Waals surface area contributed by atoms with E-state index in [1.807, 2.05) is 6.92 Å². The third kappa shape index (κ3) is 11.6. The standard InChI is InChI=1S/C9H18F3NO2/c1-7(5-8(2)14)13-3-4-15-6-9(10,11)12/h7-8,13-14H,3-6H2,1-2H3. The summed E-state index contributed by atoms with van der Waals surface area (Å²) in [5.41, 5.74) is 0. The van der Waals surface area contributed by atoms with Crippen LogP contribution in [-0.4, -0.2) is 43.2 Å². The van der Waals surface area contributed by atoms with Crippen molar-refractivity contribution >= 4 is 0 Å². The molecule has 0 aliphatic carbocycles. The molecular weight excluding hydrogens is 211 g/mol. The predicted molar refractivity (Wildman–Crippen MR) is 50.6 cm³/mol. The highest BCUT2D eigenvalue weighted by Gasteiger charge is 2.27. The van der Waals surface area contributed by atoms with Gasteiger partial charge in [-0.05, 0) is 20.3 Å². The lowest BCUT2D eigenvalue weighted by Crippen LogP contribution is -2.32. The smallest absolute Gasteiger partial charge is 0.393 e. The van der Waals surface area contributed by atoms with Crippen LogP contribution in [0, 0.1) is 0 Å². The molecule has 0 radical (unpaired) electrons. The maximum Gasteiger partial charge on any atom is 0.411 e. The minimum absolute atomic E-state index is 0.0175. The number of hydrogen-bond acceptors (Lipinski definition) is 3. The molecule has 15 heavy (non-hydrogen) atoms. The van der Waals surface area contributed by atoms with Gasteiger partial charge >= 0.3 is 6.18 Å². The molecule has 0 rings (SSSR count). The van der Waals surface area contributed by atoms with Gasteiger partial charge < -0.3 is 15.2 Å². The molecule has 0 saturated heterocycles. The maximum atomic E-state index is 11.6. The summed E-state index contributed by atoms with van der Waals surface area (Å²) in [6, 6.07) is 0.0690. The number of alkyl halides is 3. The van der Waals surface area contributed by atoms with Crippen molar-refractivity contribution in [1.29, 1.82) is 0 Å². The van der Waals surface area contributed by atoms with Crippen molar-refractivity contribution in [3.05, 3.63) is 0 Å². The Labute approximate surface area is 87.6 Å². The van der Waals surface area contributed by atoms with Crippen LogP contribution in [0.4, 0.5) is 13.2 Å². The summed E-state index contributed by atoms with van der Waals surface area (Å²) in [6.45, 7) is 2.68. The molecule has 0 aromatic carbocycles. The van der Waals surface area contributed by atoms with Gasteiger partial charge in [0.25, 0.3) is 0 Å². The average molecular weight is 229 g/mol. The van der Waals surface area contributed by atoms with E-state index in [2.05, 4.69) is 10.1 Å². The molecular formula is C9H18F3NO2. The first-order valence-corrected chi connectivity index (χ1v) is 4.87. The predicted octanol–water partition coefficient (Wildman–Crippen LogP) is 1.31. The van der Waals surface area contributed by atoms with Gasteiger partial charge in [0.15, 0.2) is 0 Å². The van der Waals surface area contributed by atoms with Gasteiger partial charge in [0, 0.05) is 12.6 Å². The molecule has 92 valence electrons. The van der Waals surface area contributed by atoms with Crippen LogP contribution in [0.5, 0.6) is 0 Å². The van der Waals surface area contributed by atoms with Gasteiger partial charge in [-0.2, -0.15) is 13.2 Å². The Morgan fingerprint density at radius 3 is 2.40 bits per heavy atom. The second-order valence-corrected chi connectivity index (χ2v) is 3.61. The van der Waals surface area contributed by atoms with E-state index in [4.69, 9.17) is 5.11 Å². The zero-order chi connectivity index (χ0) is 11.9. The van der Waals surface area contributed by atoms with Crippen LogP contribution in [0.3, 0.4) is 0 Å². The molecule has 0 aliphatic heterocycles. The van der Waals surface area contributed by atoms with Crippen LogP contribution >= 0.6 is 0 Å². The molecule has 0 spiro atoms. The molecule has 2 N–H and O–H groups in total. The summed E-state index contributed by atoms with van der Waals surface area (Å²) in [7, 11) is 0. The van der Waals surface area contributed by atoms with Crippen molar-refractivity contribution in [1.82, 2.24) is 5.32 Å². The summed E-state index contributed by atoms with van der Waals surface area (Å²) >= 11 is 0. The highest BCUT2D eigenvalue weighted by atomic mass is 19.4. The Hall–Kier alpha value is -0.330. The number of halogens is 3. The molecule has 0 saturated carbocycles. The Morgan fingerprint density at radius 1 is 1.33 bits per heavy atom. The van der Waals surface area contributed by atoms with E-state index in [1.54, 1.807) is 6.92 Å². The molecule has 0 heterocycles. The highest BCUT2D eigenvalue weighted by molar-refractivity contribution is 4.63. The fraction of sp³-hybridized carbons (Fsp3) is 1.00. The lowest BCUT2D eigenvalue weighted by Gasteiger charge is -2.15. The molecule has 2 unspecified atom stereocenters. The minimum Gasteiger partial charge on any atom is -0.393 e. The Balaban J connectivity index is 3.31. The molecule has 0 aromatic rings. The molecule has 0 bridgehead atoms. The summed E-state index contributed by atoms with van der Waals surface area (Å²) in [4.78, 5) is 0. The quantitative estimate of drug-likeness (QED) is 0.647. The summed E-state index contributed by atoms with van der Waals surface area (Å²) in [6.07, 6.45) is -4.10. The number of aliphatic hydroxyl groups is 1. The third-order valence-corrected chi connectivity index (χ3v) is 1.70. The van der Waals surface area contributed by atoms with Gasteiger partial charge in [0.2, 0.25) is 0 Å². The first-order chi connectivity index (χ1) is 6.81. The van der Waals surface area contributed by atoms with E-state index in [1.165, 1.54) is 0 Å². The zero-order valence-corrected chi connectivity index (χ0v) is 8.97. The second kappa shape index (κ2) is 7.03. The molecule has 6 heteroatoms. The van der Waals surface area contributed by atoms with Crippen LogP contribution in [0.2, 0.25) is 0 Å². The molecule has 0 aromatic heterocycles. The SMILES string of the molecule is CC(O)CC(C)NCCOCC(F)(F)F. The highest BCUT2D eigenvalue weighted by Crippen LogP contribution is 2.13. The van der Waals surface area contributed by atoms with Crippen molar-refractivity contribution in [3.8, 4) is 0 Å². The largest absolute Gasteiger partial charge is 0.411 e. The molecule has 0 amide bonds. The van der Waals surface area contributed by atoms with E-state index in [-0.39, 0.29) is 12.6 Å². The van der Waals surface area contributed by atoms with Gasteiger partial charge in [-0.3, -0.25) is 0 Å². The zero-order valence-electron chi connectivity index (χ0n) is 8.97. The number of aliphatic hydroxyl groups excluding tert-OH is 1. The Kier molecular flexibility index (Phi) is 6.87. The van der Waals surface area contributed by atoms with Crippen molar-refractivity contribution in [2.75, 3.05) is 19.8 Å². The van der Waals surface area contributed by atoms with Crippen LogP contribution in [0.1, 0.15) is 20.3 Å². The summed E-state index contributed by atoms with van der Waals surface area (Å²) in [5.74, 6) is 0. The number of ether oxygens (including phenoxy) is 1. The molecule has 2 atom stereocenters. The fourth-order valence-corrected chi connectivity index (χ4v) is 1.16. The number of hydrogen-bond donors (Lipinski definition) is 2. The molecule has 0 fully saturated rings. The summed E-state index contributed by atoms with van der Waals surface area (Å²) in [5, 5.41) is 12.0. The van der Waals surface area contributed by atoms with Crippen molar-refractivity contribution < 1.29 is 23.0 Å².